The number of carbonyl (C=O) groups is 1. The number of esters is 1. The molecule has 3 rings (SSSR count). The summed E-state index contributed by atoms with van der Waals surface area (Å²) in [5.74, 6) is 0.0528. The molecule has 3 aliphatic carbocycles. The Labute approximate surface area is 115 Å². The molecule has 0 N–H and O–H groups in total. The molecule has 3 fully saturated rings. The van der Waals surface area contributed by atoms with Gasteiger partial charge in [0.2, 0.25) is 0 Å². The van der Waals surface area contributed by atoms with Crippen LogP contribution in [0.15, 0.2) is 11.5 Å². The van der Waals surface area contributed by atoms with Crippen LogP contribution in [-0.2, 0) is 19.4 Å². The molecule has 0 aliphatic heterocycles. The van der Waals surface area contributed by atoms with Crippen molar-refractivity contribution in [3.63, 3.8) is 0 Å². The van der Waals surface area contributed by atoms with E-state index in [1.54, 1.807) is 6.92 Å². The van der Waals surface area contributed by atoms with E-state index in [4.69, 9.17) is 4.74 Å². The molecule has 0 spiro atoms. The number of hydrogen-bond donors (Lipinski definition) is 0. The summed E-state index contributed by atoms with van der Waals surface area (Å²) in [6.45, 7) is 1.65. The normalized spacial score (nSPS) is 34.6. The number of carbonyl (C=O) groups excluding carboxylic acids is 1. The highest BCUT2D eigenvalue weighted by Crippen LogP contribution is 2.57. The van der Waals surface area contributed by atoms with Crippen molar-refractivity contribution in [1.82, 2.24) is 0 Å². The fraction of sp³-hybridized carbons (Fsp3) is 0.786. The van der Waals surface area contributed by atoms with Gasteiger partial charge in [-0.05, 0) is 43.9 Å². The summed E-state index contributed by atoms with van der Waals surface area (Å²) in [5, 5.41) is 1.38. The van der Waals surface area contributed by atoms with Crippen LogP contribution in [0.3, 0.4) is 0 Å². The maximum Gasteiger partial charge on any atom is 0.311 e. The van der Waals surface area contributed by atoms with E-state index in [1.165, 1.54) is 12.5 Å². The van der Waals surface area contributed by atoms with Gasteiger partial charge in [-0.3, -0.25) is 4.79 Å². The van der Waals surface area contributed by atoms with Crippen LogP contribution in [0.4, 0.5) is 0 Å². The molecule has 0 amide bonds. The molecule has 19 heavy (non-hydrogen) atoms. The van der Waals surface area contributed by atoms with E-state index < -0.39 is 9.84 Å². The molecule has 0 aromatic rings. The molecule has 0 aromatic heterocycles. The summed E-state index contributed by atoms with van der Waals surface area (Å²) in [5.41, 5.74) is -0.314. The molecular weight excluding hydrogens is 264 g/mol. The van der Waals surface area contributed by atoms with Gasteiger partial charge in [0, 0.05) is 5.41 Å². The van der Waals surface area contributed by atoms with Crippen LogP contribution in [-0.4, -0.2) is 27.2 Å². The predicted octanol–water partition coefficient (Wildman–Crippen LogP) is 2.45. The second kappa shape index (κ2) is 4.93. The van der Waals surface area contributed by atoms with Crippen LogP contribution in [0, 0.1) is 10.8 Å². The highest BCUT2D eigenvalue weighted by Gasteiger charge is 2.52. The van der Waals surface area contributed by atoms with Crippen molar-refractivity contribution >= 4 is 15.8 Å². The lowest BCUT2D eigenvalue weighted by Gasteiger charge is -2.50. The minimum atomic E-state index is -3.06. The van der Waals surface area contributed by atoms with E-state index >= 15 is 0 Å². The minimum absolute atomic E-state index is 0.0159. The first kappa shape index (κ1) is 14.6. The van der Waals surface area contributed by atoms with E-state index in [1.807, 2.05) is 6.08 Å². The molecule has 3 saturated carbocycles. The smallest absolute Gasteiger partial charge is 0.311 e. The third-order valence-corrected chi connectivity index (χ3v) is 6.31. The molecular formula is C14H22O4S. The lowest BCUT2D eigenvalue weighted by molar-refractivity contribution is -0.161. The molecule has 0 heterocycles. The highest BCUT2D eigenvalue weighted by atomic mass is 32.2. The van der Waals surface area contributed by atoms with Crippen molar-refractivity contribution in [2.45, 2.75) is 45.4 Å². The van der Waals surface area contributed by atoms with Gasteiger partial charge in [0.15, 0.2) is 9.84 Å². The zero-order valence-corrected chi connectivity index (χ0v) is 12.5. The molecule has 0 aromatic carbocycles. The van der Waals surface area contributed by atoms with Gasteiger partial charge >= 0.3 is 5.97 Å². The Morgan fingerprint density at radius 3 is 2.11 bits per heavy atom. The lowest BCUT2D eigenvalue weighted by Crippen LogP contribution is -2.45. The molecule has 0 radical (unpaired) electrons. The number of rotatable bonds is 4. The fourth-order valence-electron chi connectivity index (χ4n) is 3.33. The van der Waals surface area contributed by atoms with E-state index in [-0.39, 0.29) is 22.6 Å². The highest BCUT2D eigenvalue weighted by molar-refractivity contribution is 7.94. The quantitative estimate of drug-likeness (QED) is 0.745. The van der Waals surface area contributed by atoms with Crippen molar-refractivity contribution in [2.24, 2.45) is 10.8 Å². The van der Waals surface area contributed by atoms with Gasteiger partial charge in [0.05, 0.1) is 18.3 Å². The van der Waals surface area contributed by atoms with Crippen molar-refractivity contribution in [3.05, 3.63) is 11.5 Å². The van der Waals surface area contributed by atoms with Crippen molar-refractivity contribution in [3.8, 4) is 0 Å². The molecule has 2 bridgehead atoms. The summed E-state index contributed by atoms with van der Waals surface area (Å²) >= 11 is 0. The summed E-state index contributed by atoms with van der Waals surface area (Å²) in [7, 11) is -1.61. The number of sulfone groups is 1. The molecule has 0 saturated heterocycles. The van der Waals surface area contributed by atoms with Gasteiger partial charge in [-0.25, -0.2) is 8.42 Å². The monoisotopic (exact) mass is 286 g/mol. The van der Waals surface area contributed by atoms with Gasteiger partial charge in [-0.1, -0.05) is 13.0 Å². The minimum Gasteiger partial charge on any atom is -0.469 e. The average Bonchev–Trinajstić information content (AvgIpc) is 2.46. The Kier molecular flexibility index (Phi) is 3.78. The fourth-order valence-corrected chi connectivity index (χ4v) is 4.02. The Morgan fingerprint density at radius 2 is 1.68 bits per heavy atom. The Balaban J connectivity index is 2.11. The van der Waals surface area contributed by atoms with Crippen LogP contribution in [0.5, 0.6) is 0 Å². The first-order valence-electron chi connectivity index (χ1n) is 6.87. The van der Waals surface area contributed by atoms with Crippen molar-refractivity contribution in [2.75, 3.05) is 12.9 Å². The third-order valence-electron chi connectivity index (χ3n) is 4.95. The van der Waals surface area contributed by atoms with Crippen molar-refractivity contribution < 1.29 is 17.9 Å². The summed E-state index contributed by atoms with van der Waals surface area (Å²) in [4.78, 5) is 11.9. The molecule has 0 atom stereocenters. The van der Waals surface area contributed by atoms with E-state index in [9.17, 15) is 13.2 Å². The second-order valence-corrected chi connectivity index (χ2v) is 8.06. The van der Waals surface area contributed by atoms with Crippen molar-refractivity contribution in [1.29, 1.82) is 0 Å². The first-order chi connectivity index (χ1) is 8.87. The summed E-state index contributed by atoms with van der Waals surface area (Å²) < 4.78 is 28.1. The maximum atomic E-state index is 11.9. The van der Waals surface area contributed by atoms with E-state index in [0.29, 0.717) is 0 Å². The van der Waals surface area contributed by atoms with Gasteiger partial charge in [-0.15, -0.1) is 0 Å². The molecule has 108 valence electrons. The van der Waals surface area contributed by atoms with Gasteiger partial charge in [0.1, 0.15) is 0 Å². The van der Waals surface area contributed by atoms with Gasteiger partial charge in [0.25, 0.3) is 0 Å². The number of fused-ring (bicyclic) bond motifs is 3. The third kappa shape index (κ3) is 2.71. The molecule has 5 heteroatoms. The van der Waals surface area contributed by atoms with Crippen LogP contribution in [0.25, 0.3) is 0 Å². The molecule has 0 unspecified atom stereocenters. The molecule has 4 nitrogen and oxygen atoms in total. The van der Waals surface area contributed by atoms with Gasteiger partial charge < -0.3 is 4.74 Å². The van der Waals surface area contributed by atoms with E-state index in [2.05, 4.69) is 0 Å². The zero-order chi connectivity index (χ0) is 14.1. The van der Waals surface area contributed by atoms with Crippen LogP contribution in [0.2, 0.25) is 0 Å². The number of ether oxygens (including phenoxy) is 1. The van der Waals surface area contributed by atoms with E-state index in [0.717, 1.165) is 38.5 Å². The summed E-state index contributed by atoms with van der Waals surface area (Å²) in [6, 6.07) is 0. The average molecular weight is 286 g/mol. The standard InChI is InChI=1S/C14H22O4S/c1-3-19(16,17)11-10-13-4-7-14(8-5-13,9-6-13)12(15)18-2/h10-11H,3-9H2,1-2H3. The second-order valence-electron chi connectivity index (χ2n) is 5.89. The van der Waals surface area contributed by atoms with Crippen LogP contribution in [0.1, 0.15) is 45.4 Å². The number of hydrogen-bond acceptors (Lipinski definition) is 4. The lowest BCUT2D eigenvalue weighted by atomic mass is 9.54. The summed E-state index contributed by atoms with van der Waals surface area (Å²) in [6.07, 6.45) is 6.99. The topological polar surface area (TPSA) is 60.4 Å². The van der Waals surface area contributed by atoms with Crippen LogP contribution >= 0.6 is 0 Å². The largest absolute Gasteiger partial charge is 0.469 e. The predicted molar refractivity (Wildman–Crippen MR) is 73.2 cm³/mol. The Morgan fingerprint density at radius 1 is 1.16 bits per heavy atom. The SMILES string of the molecule is CCS(=O)(=O)C=CC12CCC(C(=O)OC)(CC1)CC2. The Hall–Kier alpha value is -0.840. The van der Waals surface area contributed by atoms with Gasteiger partial charge in [-0.2, -0.15) is 0 Å². The first-order valence-corrected chi connectivity index (χ1v) is 8.59. The zero-order valence-electron chi connectivity index (χ0n) is 11.6. The molecule has 3 aliphatic rings. The van der Waals surface area contributed by atoms with Crippen LogP contribution < -0.4 is 0 Å². The Bertz CT molecular complexity index is 465. The number of methoxy groups -OCH3 is 1. The maximum absolute atomic E-state index is 11.9. The number of allylic oxidation sites excluding steroid dienone is 1.